The van der Waals surface area contributed by atoms with Crippen LogP contribution in [0.15, 0.2) is 0 Å². The van der Waals surface area contributed by atoms with Crippen molar-refractivity contribution in [3.63, 3.8) is 0 Å². The van der Waals surface area contributed by atoms with Crippen LogP contribution < -0.4 is 0 Å². The molecule has 0 heterocycles. The summed E-state index contributed by atoms with van der Waals surface area (Å²) in [4.78, 5) is 12.9. The Kier molecular flexibility index (Phi) is 3.09. The van der Waals surface area contributed by atoms with Crippen LogP contribution in [-0.2, 0) is 4.79 Å². The molecule has 12 heavy (non-hydrogen) atoms. The van der Waals surface area contributed by atoms with E-state index in [2.05, 4.69) is 0 Å². The number of carboxylic acids is 1. The Labute approximate surface area is 73.4 Å². The van der Waals surface area contributed by atoms with E-state index in [1.54, 1.807) is 0 Å². The third kappa shape index (κ3) is 1.97. The third-order valence-corrected chi connectivity index (χ3v) is 2.53. The molecule has 3 heteroatoms. The van der Waals surface area contributed by atoms with Crippen LogP contribution in [0.25, 0.3) is 0 Å². The number of carboxylic acid groups (broad SMARTS) is 1. The molecule has 0 radical (unpaired) electrons. The molecule has 0 aromatic carbocycles. The maximum Gasteiger partial charge on any atom is 0.321 e. The smallest absolute Gasteiger partial charge is 0.321 e. The largest absolute Gasteiger partial charge is 0.480 e. The van der Waals surface area contributed by atoms with E-state index in [-0.39, 0.29) is 6.04 Å². The summed E-state index contributed by atoms with van der Waals surface area (Å²) >= 11 is 0. The fourth-order valence-corrected chi connectivity index (χ4v) is 1.68. The Balaban J connectivity index is 2.55. The zero-order valence-corrected chi connectivity index (χ0v) is 7.79. The fourth-order valence-electron chi connectivity index (χ4n) is 1.68. The Hall–Kier alpha value is -0.570. The summed E-state index contributed by atoms with van der Waals surface area (Å²) in [5, 5.41) is 8.97. The highest BCUT2D eigenvalue weighted by Crippen LogP contribution is 2.35. The standard InChI is InChI=1S/C9H17NO2/c1-3-10(4-2)8(9(11)12)7-5-6-7/h7-8H,3-6H2,1-2H3,(H,11,12). The lowest BCUT2D eigenvalue weighted by molar-refractivity contribution is -0.144. The van der Waals surface area contributed by atoms with Gasteiger partial charge in [-0.3, -0.25) is 9.69 Å². The van der Waals surface area contributed by atoms with Gasteiger partial charge in [0, 0.05) is 0 Å². The van der Waals surface area contributed by atoms with Crippen LogP contribution in [-0.4, -0.2) is 35.1 Å². The second-order valence-electron chi connectivity index (χ2n) is 3.34. The molecule has 0 amide bonds. The van der Waals surface area contributed by atoms with Crippen LogP contribution in [0.1, 0.15) is 26.7 Å². The van der Waals surface area contributed by atoms with Crippen LogP contribution in [0.3, 0.4) is 0 Å². The van der Waals surface area contributed by atoms with Gasteiger partial charge in [0.2, 0.25) is 0 Å². The number of nitrogens with zero attached hydrogens (tertiary/aromatic N) is 1. The van der Waals surface area contributed by atoms with Crippen LogP contribution in [0.4, 0.5) is 0 Å². The van der Waals surface area contributed by atoms with E-state index in [0.717, 1.165) is 25.9 Å². The summed E-state index contributed by atoms with van der Waals surface area (Å²) in [5.41, 5.74) is 0. The van der Waals surface area contributed by atoms with Crippen LogP contribution in [0, 0.1) is 5.92 Å². The van der Waals surface area contributed by atoms with E-state index in [9.17, 15) is 4.79 Å². The average Bonchev–Trinajstić information content (AvgIpc) is 2.82. The van der Waals surface area contributed by atoms with E-state index in [1.807, 2.05) is 18.7 Å². The molecule has 1 atom stereocenters. The van der Waals surface area contributed by atoms with E-state index in [0.29, 0.717) is 5.92 Å². The summed E-state index contributed by atoms with van der Waals surface area (Å²) in [6.07, 6.45) is 2.18. The quantitative estimate of drug-likeness (QED) is 0.675. The first kappa shape index (κ1) is 9.52. The van der Waals surface area contributed by atoms with Crippen LogP contribution in [0.5, 0.6) is 0 Å². The van der Waals surface area contributed by atoms with Gasteiger partial charge in [0.15, 0.2) is 0 Å². The van der Waals surface area contributed by atoms with Crippen molar-refractivity contribution in [3.05, 3.63) is 0 Å². The van der Waals surface area contributed by atoms with Crippen molar-refractivity contribution in [1.82, 2.24) is 4.90 Å². The van der Waals surface area contributed by atoms with Crippen molar-refractivity contribution >= 4 is 5.97 Å². The molecule has 1 saturated carbocycles. The highest BCUT2D eigenvalue weighted by Gasteiger charge is 2.38. The molecule has 0 bridgehead atoms. The first-order valence-corrected chi connectivity index (χ1v) is 4.67. The molecular weight excluding hydrogens is 154 g/mol. The summed E-state index contributed by atoms with van der Waals surface area (Å²) in [6.45, 7) is 5.71. The lowest BCUT2D eigenvalue weighted by Crippen LogP contribution is -2.42. The summed E-state index contributed by atoms with van der Waals surface area (Å²) < 4.78 is 0. The third-order valence-electron chi connectivity index (χ3n) is 2.53. The van der Waals surface area contributed by atoms with Gasteiger partial charge in [-0.2, -0.15) is 0 Å². The van der Waals surface area contributed by atoms with Crippen LogP contribution in [0.2, 0.25) is 0 Å². The predicted molar refractivity (Wildman–Crippen MR) is 47.1 cm³/mol. The van der Waals surface area contributed by atoms with Gasteiger partial charge >= 0.3 is 5.97 Å². The van der Waals surface area contributed by atoms with Gasteiger partial charge in [-0.05, 0) is 31.8 Å². The summed E-state index contributed by atoms with van der Waals surface area (Å²) in [7, 11) is 0. The topological polar surface area (TPSA) is 40.5 Å². The van der Waals surface area contributed by atoms with Crippen molar-refractivity contribution in [2.24, 2.45) is 5.92 Å². The molecule has 0 spiro atoms. The summed E-state index contributed by atoms with van der Waals surface area (Å²) in [5.74, 6) is -0.233. The second-order valence-corrected chi connectivity index (χ2v) is 3.34. The first-order chi connectivity index (χ1) is 5.70. The monoisotopic (exact) mass is 171 g/mol. The number of hydrogen-bond donors (Lipinski definition) is 1. The van der Waals surface area contributed by atoms with Gasteiger partial charge in [0.25, 0.3) is 0 Å². The molecule has 1 aliphatic rings. The first-order valence-electron chi connectivity index (χ1n) is 4.67. The SMILES string of the molecule is CCN(CC)C(C(=O)O)C1CC1. The van der Waals surface area contributed by atoms with E-state index < -0.39 is 5.97 Å². The van der Waals surface area contributed by atoms with E-state index >= 15 is 0 Å². The van der Waals surface area contributed by atoms with Gasteiger partial charge in [0.1, 0.15) is 6.04 Å². The number of hydrogen-bond acceptors (Lipinski definition) is 2. The Morgan fingerprint density at radius 1 is 1.50 bits per heavy atom. The van der Waals surface area contributed by atoms with Gasteiger partial charge in [-0.25, -0.2) is 0 Å². The van der Waals surface area contributed by atoms with E-state index in [4.69, 9.17) is 5.11 Å². The van der Waals surface area contributed by atoms with Crippen LogP contribution >= 0.6 is 0 Å². The molecule has 3 nitrogen and oxygen atoms in total. The van der Waals surface area contributed by atoms with Crippen molar-refractivity contribution in [2.45, 2.75) is 32.7 Å². The number of carbonyl (C=O) groups is 1. The number of rotatable bonds is 5. The lowest BCUT2D eigenvalue weighted by atomic mass is 10.1. The highest BCUT2D eigenvalue weighted by atomic mass is 16.4. The Bertz CT molecular complexity index is 162. The number of likely N-dealkylation sites (N-methyl/N-ethyl adjacent to an activating group) is 1. The van der Waals surface area contributed by atoms with Gasteiger partial charge in [-0.15, -0.1) is 0 Å². The summed E-state index contributed by atoms with van der Waals surface area (Å²) in [6, 6.07) is -0.222. The minimum atomic E-state index is -0.652. The molecule has 1 aliphatic carbocycles. The Morgan fingerprint density at radius 2 is 2.00 bits per heavy atom. The molecule has 0 saturated heterocycles. The minimum absolute atomic E-state index is 0.222. The van der Waals surface area contributed by atoms with E-state index in [1.165, 1.54) is 0 Å². The lowest BCUT2D eigenvalue weighted by Gasteiger charge is -2.25. The molecule has 1 N–H and O–H groups in total. The Morgan fingerprint density at radius 3 is 2.25 bits per heavy atom. The predicted octanol–water partition coefficient (Wildman–Crippen LogP) is 1.19. The molecule has 0 aromatic rings. The minimum Gasteiger partial charge on any atom is -0.480 e. The van der Waals surface area contributed by atoms with Crippen molar-refractivity contribution in [2.75, 3.05) is 13.1 Å². The molecule has 1 unspecified atom stereocenters. The van der Waals surface area contributed by atoms with Crippen molar-refractivity contribution in [3.8, 4) is 0 Å². The molecule has 70 valence electrons. The molecule has 1 fully saturated rings. The molecule has 1 rings (SSSR count). The highest BCUT2D eigenvalue weighted by molar-refractivity contribution is 5.74. The normalized spacial score (nSPS) is 19.6. The zero-order valence-electron chi connectivity index (χ0n) is 7.79. The number of aliphatic carboxylic acids is 1. The molecule has 0 aliphatic heterocycles. The zero-order chi connectivity index (χ0) is 9.14. The maximum atomic E-state index is 10.9. The average molecular weight is 171 g/mol. The molecule has 0 aromatic heterocycles. The maximum absolute atomic E-state index is 10.9. The second kappa shape index (κ2) is 3.90. The van der Waals surface area contributed by atoms with Gasteiger partial charge < -0.3 is 5.11 Å². The van der Waals surface area contributed by atoms with Gasteiger partial charge in [-0.1, -0.05) is 13.8 Å². The van der Waals surface area contributed by atoms with Crippen molar-refractivity contribution in [1.29, 1.82) is 0 Å². The fraction of sp³-hybridized carbons (Fsp3) is 0.889. The van der Waals surface area contributed by atoms with Gasteiger partial charge in [0.05, 0.1) is 0 Å². The molecular formula is C9H17NO2. The van der Waals surface area contributed by atoms with Crippen molar-refractivity contribution < 1.29 is 9.90 Å².